The molecule has 3 aromatic rings. The molecule has 1 amide bonds. The molecule has 0 spiro atoms. The van der Waals surface area contributed by atoms with E-state index in [9.17, 15) is 9.90 Å². The number of aliphatic hydroxyl groups is 1. The molecule has 158 valence electrons. The lowest BCUT2D eigenvalue weighted by Gasteiger charge is -2.26. The molecular weight excluding hydrogens is 386 g/mol. The summed E-state index contributed by atoms with van der Waals surface area (Å²) in [6.45, 7) is 0. The van der Waals surface area contributed by atoms with Gasteiger partial charge in [-0.1, -0.05) is 0 Å². The molecule has 10 nitrogen and oxygen atoms in total. The molecule has 3 aromatic heterocycles. The number of methoxy groups -OCH3 is 1. The minimum absolute atomic E-state index is 0.0547. The highest BCUT2D eigenvalue weighted by molar-refractivity contribution is 6.00. The fourth-order valence-electron chi connectivity index (χ4n) is 3.71. The van der Waals surface area contributed by atoms with Crippen molar-refractivity contribution in [3.63, 3.8) is 0 Å². The van der Waals surface area contributed by atoms with Crippen LogP contribution in [-0.2, 0) is 0 Å². The topological polar surface area (TPSA) is 126 Å². The number of ether oxygens (including phenoxy) is 1. The highest BCUT2D eigenvalue weighted by Crippen LogP contribution is 2.26. The lowest BCUT2D eigenvalue weighted by Crippen LogP contribution is -2.39. The van der Waals surface area contributed by atoms with Gasteiger partial charge in [0.05, 0.1) is 19.4 Å². The number of anilines is 3. The third kappa shape index (κ3) is 3.99. The Bertz CT molecular complexity index is 1050. The van der Waals surface area contributed by atoms with Crippen LogP contribution >= 0.6 is 0 Å². The molecule has 1 saturated carbocycles. The number of nitrogens with zero attached hydrogens (tertiary/aromatic N) is 4. The van der Waals surface area contributed by atoms with Crippen LogP contribution in [0.25, 0.3) is 5.65 Å². The summed E-state index contributed by atoms with van der Waals surface area (Å²) in [4.78, 5) is 21.7. The summed E-state index contributed by atoms with van der Waals surface area (Å²) in [6.07, 6.45) is 5.87. The summed E-state index contributed by atoms with van der Waals surface area (Å²) in [5.74, 6) is 1.36. The zero-order valence-corrected chi connectivity index (χ0v) is 16.9. The van der Waals surface area contributed by atoms with Gasteiger partial charge in [0.2, 0.25) is 5.88 Å². The lowest BCUT2D eigenvalue weighted by molar-refractivity contribution is 0.0851. The average molecular weight is 411 g/mol. The number of rotatable bonds is 6. The molecule has 1 aliphatic carbocycles. The zero-order chi connectivity index (χ0) is 21.1. The molecule has 10 heteroatoms. The normalized spacial score (nSPS) is 18.8. The summed E-state index contributed by atoms with van der Waals surface area (Å²) < 4.78 is 6.86. The van der Waals surface area contributed by atoms with Crippen LogP contribution in [0.15, 0.2) is 30.6 Å². The number of aromatic nitrogens is 4. The molecule has 1 unspecified atom stereocenters. The lowest BCUT2D eigenvalue weighted by atomic mass is 9.93. The maximum atomic E-state index is 12.9. The maximum absolute atomic E-state index is 12.9. The molecule has 0 bridgehead atoms. The van der Waals surface area contributed by atoms with Crippen molar-refractivity contribution in [3.8, 4) is 5.88 Å². The molecule has 0 saturated heterocycles. The monoisotopic (exact) mass is 411 g/mol. The molecule has 30 heavy (non-hydrogen) atoms. The molecule has 1 aliphatic rings. The molecule has 0 aromatic carbocycles. The molecule has 1 fully saturated rings. The second-order valence-corrected chi connectivity index (χ2v) is 7.25. The van der Waals surface area contributed by atoms with Crippen LogP contribution in [0.1, 0.15) is 36.0 Å². The summed E-state index contributed by atoms with van der Waals surface area (Å²) >= 11 is 0. The van der Waals surface area contributed by atoms with E-state index >= 15 is 0 Å². The fraction of sp³-hybridized carbons (Fsp3) is 0.400. The first-order valence-corrected chi connectivity index (χ1v) is 9.90. The number of carbonyl (C=O) groups is 1. The van der Waals surface area contributed by atoms with Crippen LogP contribution < -0.4 is 20.7 Å². The largest absolute Gasteiger partial charge is 0.480 e. The van der Waals surface area contributed by atoms with Crippen molar-refractivity contribution >= 4 is 28.9 Å². The summed E-state index contributed by atoms with van der Waals surface area (Å²) in [7, 11) is 3.32. The second-order valence-electron chi connectivity index (χ2n) is 7.25. The van der Waals surface area contributed by atoms with E-state index in [1.165, 1.54) is 6.20 Å². The van der Waals surface area contributed by atoms with E-state index < -0.39 is 0 Å². The Balaban J connectivity index is 1.65. The second kappa shape index (κ2) is 8.54. The Hall–Kier alpha value is -3.40. The van der Waals surface area contributed by atoms with Crippen molar-refractivity contribution in [2.24, 2.45) is 0 Å². The number of carbonyl (C=O) groups excluding carboxylic acids is 1. The van der Waals surface area contributed by atoms with Gasteiger partial charge in [-0.3, -0.25) is 4.79 Å². The number of fused-ring (bicyclic) bond motifs is 1. The van der Waals surface area contributed by atoms with Crippen LogP contribution in [0.4, 0.5) is 17.3 Å². The van der Waals surface area contributed by atoms with Gasteiger partial charge in [0.25, 0.3) is 5.91 Å². The summed E-state index contributed by atoms with van der Waals surface area (Å²) in [5.41, 5.74) is 1.44. The van der Waals surface area contributed by atoms with Crippen LogP contribution in [-0.4, -0.2) is 56.9 Å². The van der Waals surface area contributed by atoms with Gasteiger partial charge in [0, 0.05) is 25.4 Å². The Morgan fingerprint density at radius 2 is 2.23 bits per heavy atom. The van der Waals surface area contributed by atoms with Crippen LogP contribution in [0, 0.1) is 0 Å². The van der Waals surface area contributed by atoms with Gasteiger partial charge in [-0.15, -0.1) is 0 Å². The minimum atomic E-state index is -0.368. The number of aliphatic hydroxyl groups excluding tert-OH is 1. The molecule has 4 rings (SSSR count). The SMILES string of the molecule is CNc1cc(Nc2cccnc2OC)nc2c(C(=O)N[C@H]3CCCC(O)C3)cnn12. The number of hydrogen-bond donors (Lipinski definition) is 4. The van der Waals surface area contributed by atoms with Crippen molar-refractivity contribution in [3.05, 3.63) is 36.2 Å². The highest BCUT2D eigenvalue weighted by Gasteiger charge is 2.24. The van der Waals surface area contributed by atoms with E-state index in [2.05, 4.69) is 31.0 Å². The first-order valence-electron chi connectivity index (χ1n) is 9.90. The predicted molar refractivity (Wildman–Crippen MR) is 112 cm³/mol. The van der Waals surface area contributed by atoms with E-state index in [1.54, 1.807) is 37.0 Å². The van der Waals surface area contributed by atoms with Gasteiger partial charge in [-0.2, -0.15) is 9.61 Å². The molecule has 2 atom stereocenters. The van der Waals surface area contributed by atoms with E-state index in [1.807, 2.05) is 6.07 Å². The first kappa shape index (κ1) is 19.9. The molecule has 3 heterocycles. The Morgan fingerprint density at radius 3 is 3.00 bits per heavy atom. The fourth-order valence-corrected chi connectivity index (χ4v) is 3.71. The van der Waals surface area contributed by atoms with Gasteiger partial charge < -0.3 is 25.8 Å². The maximum Gasteiger partial charge on any atom is 0.256 e. The number of pyridine rings is 1. The molecule has 0 radical (unpaired) electrons. The molecule has 4 N–H and O–H groups in total. The number of hydrogen-bond acceptors (Lipinski definition) is 8. The zero-order valence-electron chi connectivity index (χ0n) is 16.9. The van der Waals surface area contributed by atoms with E-state index in [0.29, 0.717) is 40.8 Å². The summed E-state index contributed by atoms with van der Waals surface area (Å²) in [6, 6.07) is 5.35. The predicted octanol–water partition coefficient (Wildman–Crippen LogP) is 1.95. The third-order valence-electron chi connectivity index (χ3n) is 5.18. The quantitative estimate of drug-likeness (QED) is 0.485. The van der Waals surface area contributed by atoms with Crippen molar-refractivity contribution in [1.82, 2.24) is 24.9 Å². The summed E-state index contributed by atoms with van der Waals surface area (Å²) in [5, 5.41) is 23.5. The van der Waals surface area contributed by atoms with Gasteiger partial charge in [-0.25, -0.2) is 9.97 Å². The highest BCUT2D eigenvalue weighted by atomic mass is 16.5. The first-order chi connectivity index (χ1) is 14.6. The van der Waals surface area contributed by atoms with Gasteiger partial charge >= 0.3 is 0 Å². The van der Waals surface area contributed by atoms with E-state index in [0.717, 1.165) is 19.3 Å². The Labute approximate surface area is 173 Å². The number of amides is 1. The van der Waals surface area contributed by atoms with Crippen LogP contribution in [0.3, 0.4) is 0 Å². The van der Waals surface area contributed by atoms with Gasteiger partial charge in [0.15, 0.2) is 5.65 Å². The Kier molecular flexibility index (Phi) is 5.66. The number of nitrogens with one attached hydrogen (secondary N) is 3. The van der Waals surface area contributed by atoms with Crippen molar-refractivity contribution in [1.29, 1.82) is 0 Å². The van der Waals surface area contributed by atoms with Crippen molar-refractivity contribution < 1.29 is 14.6 Å². The van der Waals surface area contributed by atoms with Crippen molar-refractivity contribution in [2.75, 3.05) is 24.8 Å². The van der Waals surface area contributed by atoms with E-state index in [-0.39, 0.29) is 18.1 Å². The van der Waals surface area contributed by atoms with Crippen LogP contribution in [0.5, 0.6) is 5.88 Å². The van der Waals surface area contributed by atoms with Gasteiger partial charge in [-0.05, 0) is 37.8 Å². The molecular formula is C20H25N7O3. The Morgan fingerprint density at radius 1 is 1.37 bits per heavy atom. The van der Waals surface area contributed by atoms with Gasteiger partial charge in [0.1, 0.15) is 22.9 Å². The third-order valence-corrected chi connectivity index (χ3v) is 5.18. The van der Waals surface area contributed by atoms with E-state index in [4.69, 9.17) is 4.74 Å². The van der Waals surface area contributed by atoms with Crippen LogP contribution in [0.2, 0.25) is 0 Å². The smallest absolute Gasteiger partial charge is 0.256 e. The van der Waals surface area contributed by atoms with Crippen molar-refractivity contribution in [2.45, 2.75) is 37.8 Å². The molecule has 0 aliphatic heterocycles. The average Bonchev–Trinajstić information content (AvgIpc) is 3.17. The standard InChI is InChI=1S/C20H25N7O3/c1-21-17-10-16(25-15-7-4-8-22-20(15)30-2)26-18-14(11-23-27(17)18)19(29)24-12-5-3-6-13(28)9-12/h4,7-8,10-13,21,28H,3,5-6,9H2,1-2H3,(H,24,29)(H,25,26)/t12-,13?/m0/s1. The minimum Gasteiger partial charge on any atom is -0.480 e.